The third-order valence-corrected chi connectivity index (χ3v) is 6.40. The predicted molar refractivity (Wildman–Crippen MR) is 94.2 cm³/mol. The number of sulfonamides is 1. The van der Waals surface area contributed by atoms with E-state index in [9.17, 15) is 13.2 Å². The summed E-state index contributed by atoms with van der Waals surface area (Å²) >= 11 is 1.56. The first kappa shape index (κ1) is 18.6. The third kappa shape index (κ3) is 4.40. The number of likely N-dealkylation sites (N-methyl/N-ethyl adjacent to an activating group) is 2. The minimum atomic E-state index is -3.67. The van der Waals surface area contributed by atoms with Crippen molar-refractivity contribution in [3.63, 3.8) is 0 Å². The maximum atomic E-state index is 12.4. The molecule has 130 valence electrons. The van der Waals surface area contributed by atoms with Gasteiger partial charge in [-0.2, -0.15) is 4.31 Å². The molecule has 24 heavy (non-hydrogen) atoms. The number of rotatable bonds is 7. The second kappa shape index (κ2) is 7.87. The minimum Gasteiger partial charge on any atom is -0.339 e. The summed E-state index contributed by atoms with van der Waals surface area (Å²) in [6.45, 7) is 2.19. The Kier molecular flexibility index (Phi) is 6.09. The molecule has 1 aromatic carbocycles. The maximum Gasteiger partial charge on any atom is 0.243 e. The van der Waals surface area contributed by atoms with Crippen LogP contribution in [0.3, 0.4) is 0 Å². The lowest BCUT2D eigenvalue weighted by Gasteiger charge is -2.21. The van der Waals surface area contributed by atoms with E-state index >= 15 is 0 Å². The van der Waals surface area contributed by atoms with Gasteiger partial charge >= 0.3 is 0 Å². The lowest BCUT2D eigenvalue weighted by atomic mass is 10.4. The van der Waals surface area contributed by atoms with Crippen LogP contribution in [0.5, 0.6) is 0 Å². The van der Waals surface area contributed by atoms with Gasteiger partial charge in [0.05, 0.1) is 28.7 Å². The van der Waals surface area contributed by atoms with E-state index in [1.54, 1.807) is 36.6 Å². The van der Waals surface area contributed by atoms with Gasteiger partial charge in [-0.3, -0.25) is 4.79 Å². The molecule has 0 fully saturated rings. The number of benzene rings is 1. The summed E-state index contributed by atoms with van der Waals surface area (Å²) in [5, 5.41) is 2.95. The van der Waals surface area contributed by atoms with Crippen molar-refractivity contribution in [3.8, 4) is 0 Å². The zero-order chi connectivity index (χ0) is 17.7. The van der Waals surface area contributed by atoms with E-state index < -0.39 is 10.0 Å². The molecule has 6 nitrogen and oxygen atoms in total. The first-order valence-corrected chi connectivity index (χ1v) is 9.85. The average Bonchev–Trinajstić information content (AvgIpc) is 3.03. The smallest absolute Gasteiger partial charge is 0.243 e. The fourth-order valence-corrected chi connectivity index (χ4v) is 3.96. The largest absolute Gasteiger partial charge is 0.339 e. The highest BCUT2D eigenvalue weighted by Crippen LogP contribution is 2.15. The Hall–Kier alpha value is -1.77. The summed E-state index contributed by atoms with van der Waals surface area (Å²) in [5.41, 5.74) is 0.821. The zero-order valence-corrected chi connectivity index (χ0v) is 15.6. The second-order valence-electron chi connectivity index (χ2n) is 5.41. The molecule has 1 aromatic heterocycles. The summed E-state index contributed by atoms with van der Waals surface area (Å²) in [6.07, 6.45) is 0.861. The SMILES string of the molecule is CCc1nc(CN(C)C(=O)CN(C)S(=O)(=O)c2ccccc2)cs1. The maximum absolute atomic E-state index is 12.4. The van der Waals surface area contributed by atoms with Crippen LogP contribution < -0.4 is 0 Å². The van der Waals surface area contributed by atoms with E-state index in [1.165, 1.54) is 24.1 Å². The lowest BCUT2D eigenvalue weighted by Crippen LogP contribution is -2.39. The van der Waals surface area contributed by atoms with Crippen LogP contribution in [0, 0.1) is 0 Å². The zero-order valence-electron chi connectivity index (χ0n) is 14.0. The van der Waals surface area contributed by atoms with Crippen LogP contribution in [0.15, 0.2) is 40.6 Å². The van der Waals surface area contributed by atoms with Crippen LogP contribution >= 0.6 is 11.3 Å². The number of carbonyl (C=O) groups is 1. The molecule has 2 aromatic rings. The fourth-order valence-electron chi connectivity index (χ4n) is 2.08. The fraction of sp³-hybridized carbons (Fsp3) is 0.375. The predicted octanol–water partition coefficient (Wildman–Crippen LogP) is 1.98. The van der Waals surface area contributed by atoms with Crippen molar-refractivity contribution >= 4 is 27.3 Å². The Morgan fingerprint density at radius 3 is 2.46 bits per heavy atom. The van der Waals surface area contributed by atoms with Gasteiger partial charge in [-0.05, 0) is 18.6 Å². The number of amides is 1. The van der Waals surface area contributed by atoms with Gasteiger partial charge in [0.15, 0.2) is 0 Å². The first-order chi connectivity index (χ1) is 11.3. The molecule has 0 saturated carbocycles. The molecular weight excluding hydrogens is 346 g/mol. The number of hydrogen-bond acceptors (Lipinski definition) is 5. The third-order valence-electron chi connectivity index (χ3n) is 3.54. The Morgan fingerprint density at radius 1 is 1.21 bits per heavy atom. The van der Waals surface area contributed by atoms with Crippen LogP contribution in [-0.4, -0.2) is 49.2 Å². The van der Waals surface area contributed by atoms with E-state index in [0.717, 1.165) is 21.4 Å². The van der Waals surface area contributed by atoms with Crippen molar-refractivity contribution in [2.45, 2.75) is 24.8 Å². The molecule has 0 spiro atoms. The van der Waals surface area contributed by atoms with Crippen LogP contribution in [0.4, 0.5) is 0 Å². The Balaban J connectivity index is 2.00. The molecule has 0 bridgehead atoms. The van der Waals surface area contributed by atoms with Gasteiger partial charge in [0.2, 0.25) is 15.9 Å². The summed E-state index contributed by atoms with van der Waals surface area (Å²) < 4.78 is 25.9. The summed E-state index contributed by atoms with van der Waals surface area (Å²) in [6, 6.07) is 8.09. The molecule has 0 unspecified atom stereocenters. The Bertz CT molecular complexity index is 788. The number of hydrogen-bond donors (Lipinski definition) is 0. The van der Waals surface area contributed by atoms with Crippen LogP contribution in [0.2, 0.25) is 0 Å². The molecule has 0 aliphatic rings. The van der Waals surface area contributed by atoms with Gasteiger partial charge in [-0.1, -0.05) is 25.1 Å². The number of thiazole rings is 1. The topological polar surface area (TPSA) is 70.6 Å². The molecule has 1 amide bonds. The van der Waals surface area contributed by atoms with E-state index in [4.69, 9.17) is 0 Å². The lowest BCUT2D eigenvalue weighted by molar-refractivity contribution is -0.130. The van der Waals surface area contributed by atoms with Gasteiger partial charge in [0, 0.05) is 19.5 Å². The standard InChI is InChI=1S/C16H21N3O3S2/c1-4-15-17-13(12-23-15)10-18(2)16(20)11-19(3)24(21,22)14-8-6-5-7-9-14/h5-9,12H,4,10-11H2,1-3H3. The molecule has 2 rings (SSSR count). The van der Waals surface area contributed by atoms with Crippen molar-refractivity contribution < 1.29 is 13.2 Å². The van der Waals surface area contributed by atoms with Crippen molar-refractivity contribution in [1.82, 2.24) is 14.2 Å². The molecule has 0 radical (unpaired) electrons. The highest BCUT2D eigenvalue weighted by Gasteiger charge is 2.24. The van der Waals surface area contributed by atoms with Gasteiger partial charge in [0.1, 0.15) is 0 Å². The molecule has 0 N–H and O–H groups in total. The van der Waals surface area contributed by atoms with E-state index in [-0.39, 0.29) is 17.3 Å². The number of aromatic nitrogens is 1. The van der Waals surface area contributed by atoms with Gasteiger partial charge in [-0.25, -0.2) is 13.4 Å². The number of carbonyl (C=O) groups excluding carboxylic acids is 1. The summed E-state index contributed by atoms with van der Waals surface area (Å²) in [5.74, 6) is -0.275. The van der Waals surface area contributed by atoms with Crippen LogP contribution in [-0.2, 0) is 27.8 Å². The van der Waals surface area contributed by atoms with Gasteiger partial charge in [0.25, 0.3) is 0 Å². The molecule has 0 saturated heterocycles. The highest BCUT2D eigenvalue weighted by molar-refractivity contribution is 7.89. The van der Waals surface area contributed by atoms with Crippen molar-refractivity contribution in [1.29, 1.82) is 0 Å². The summed E-state index contributed by atoms with van der Waals surface area (Å²) in [4.78, 5) is 18.4. The van der Waals surface area contributed by atoms with E-state index in [0.29, 0.717) is 6.54 Å². The Morgan fingerprint density at radius 2 is 1.88 bits per heavy atom. The molecule has 0 atom stereocenters. The minimum absolute atomic E-state index is 0.176. The second-order valence-corrected chi connectivity index (χ2v) is 8.40. The Labute approximate surface area is 146 Å². The van der Waals surface area contributed by atoms with Crippen molar-refractivity contribution in [3.05, 3.63) is 46.4 Å². The quantitative estimate of drug-likeness (QED) is 0.750. The molecule has 0 aliphatic heterocycles. The normalized spacial score (nSPS) is 11.7. The molecular formula is C16H21N3O3S2. The van der Waals surface area contributed by atoms with Gasteiger partial charge < -0.3 is 4.90 Å². The van der Waals surface area contributed by atoms with Crippen LogP contribution in [0.1, 0.15) is 17.6 Å². The molecule has 0 aliphatic carbocycles. The van der Waals surface area contributed by atoms with Gasteiger partial charge in [-0.15, -0.1) is 11.3 Å². The summed E-state index contributed by atoms with van der Waals surface area (Å²) in [7, 11) is -0.610. The average molecular weight is 367 g/mol. The van der Waals surface area contributed by atoms with E-state index in [2.05, 4.69) is 4.98 Å². The number of aryl methyl sites for hydroxylation is 1. The van der Waals surface area contributed by atoms with E-state index in [1.807, 2.05) is 12.3 Å². The van der Waals surface area contributed by atoms with Crippen molar-refractivity contribution in [2.75, 3.05) is 20.6 Å². The van der Waals surface area contributed by atoms with Crippen LogP contribution in [0.25, 0.3) is 0 Å². The first-order valence-electron chi connectivity index (χ1n) is 7.53. The molecule has 8 heteroatoms. The highest BCUT2D eigenvalue weighted by atomic mass is 32.2. The van der Waals surface area contributed by atoms with Crippen molar-refractivity contribution in [2.24, 2.45) is 0 Å². The monoisotopic (exact) mass is 367 g/mol. The number of nitrogens with zero attached hydrogens (tertiary/aromatic N) is 3. The molecule has 1 heterocycles.